The molecule has 1 atom stereocenters. The maximum absolute atomic E-state index is 10.6. The van der Waals surface area contributed by atoms with Gasteiger partial charge in [0, 0.05) is 18.5 Å². The summed E-state index contributed by atoms with van der Waals surface area (Å²) < 4.78 is 4.87. The SMILES string of the molecule is C=CC(=O)OCC(C)CN(C)C. The van der Waals surface area contributed by atoms with Crippen molar-refractivity contribution in [2.45, 2.75) is 6.92 Å². The van der Waals surface area contributed by atoms with E-state index < -0.39 is 0 Å². The van der Waals surface area contributed by atoms with Crippen molar-refractivity contribution in [3.63, 3.8) is 0 Å². The lowest BCUT2D eigenvalue weighted by molar-refractivity contribution is -0.139. The fraction of sp³-hybridized carbons (Fsp3) is 0.667. The molecule has 1 unspecified atom stereocenters. The van der Waals surface area contributed by atoms with E-state index in [0.717, 1.165) is 6.54 Å². The zero-order chi connectivity index (χ0) is 9.56. The summed E-state index contributed by atoms with van der Waals surface area (Å²) in [6.45, 7) is 6.73. The first-order chi connectivity index (χ1) is 5.56. The van der Waals surface area contributed by atoms with Gasteiger partial charge in [0.15, 0.2) is 0 Å². The Morgan fingerprint density at radius 2 is 2.25 bits per heavy atom. The Hall–Kier alpha value is -0.830. The molecule has 0 heterocycles. The number of nitrogens with zero attached hydrogens (tertiary/aromatic N) is 1. The van der Waals surface area contributed by atoms with E-state index in [-0.39, 0.29) is 5.97 Å². The fourth-order valence-corrected chi connectivity index (χ4v) is 0.959. The van der Waals surface area contributed by atoms with Gasteiger partial charge in [-0.2, -0.15) is 0 Å². The number of carbonyl (C=O) groups is 1. The van der Waals surface area contributed by atoms with Gasteiger partial charge in [0.05, 0.1) is 6.61 Å². The summed E-state index contributed by atoms with van der Waals surface area (Å²) in [7, 11) is 3.98. The van der Waals surface area contributed by atoms with E-state index in [1.165, 1.54) is 6.08 Å². The lowest BCUT2D eigenvalue weighted by atomic mass is 10.2. The molecule has 0 fully saturated rings. The molecule has 0 rings (SSSR count). The van der Waals surface area contributed by atoms with Crippen LogP contribution in [-0.4, -0.2) is 38.1 Å². The number of rotatable bonds is 5. The standard InChI is InChI=1S/C9H17NO2/c1-5-9(11)12-7-8(2)6-10(3)4/h5,8H,1,6-7H2,2-4H3. The molecule has 0 amide bonds. The van der Waals surface area contributed by atoms with E-state index in [2.05, 4.69) is 11.5 Å². The van der Waals surface area contributed by atoms with Crippen molar-refractivity contribution >= 4 is 5.97 Å². The molecule has 12 heavy (non-hydrogen) atoms. The first-order valence-corrected chi connectivity index (χ1v) is 4.00. The zero-order valence-corrected chi connectivity index (χ0v) is 8.04. The second-order valence-electron chi connectivity index (χ2n) is 3.20. The molecule has 0 N–H and O–H groups in total. The summed E-state index contributed by atoms with van der Waals surface area (Å²) in [4.78, 5) is 12.7. The quantitative estimate of drug-likeness (QED) is 0.455. The summed E-state index contributed by atoms with van der Waals surface area (Å²) in [6.07, 6.45) is 1.18. The van der Waals surface area contributed by atoms with E-state index in [0.29, 0.717) is 12.5 Å². The van der Waals surface area contributed by atoms with Gasteiger partial charge < -0.3 is 9.64 Å². The van der Waals surface area contributed by atoms with Crippen LogP contribution in [0.4, 0.5) is 0 Å². The topological polar surface area (TPSA) is 29.5 Å². The van der Waals surface area contributed by atoms with Gasteiger partial charge in [-0.05, 0) is 14.1 Å². The normalized spacial score (nSPS) is 12.7. The molecular formula is C9H17NO2. The summed E-state index contributed by atoms with van der Waals surface area (Å²) in [6, 6.07) is 0. The molecule has 70 valence electrons. The van der Waals surface area contributed by atoms with Gasteiger partial charge in [-0.15, -0.1) is 0 Å². The highest BCUT2D eigenvalue weighted by Crippen LogP contribution is 1.97. The largest absolute Gasteiger partial charge is 0.462 e. The van der Waals surface area contributed by atoms with E-state index in [4.69, 9.17) is 4.74 Å². The molecule has 0 saturated heterocycles. The van der Waals surface area contributed by atoms with Crippen molar-refractivity contribution in [1.82, 2.24) is 4.90 Å². The van der Waals surface area contributed by atoms with Gasteiger partial charge in [-0.1, -0.05) is 13.5 Å². The number of carbonyl (C=O) groups excluding carboxylic acids is 1. The van der Waals surface area contributed by atoms with Gasteiger partial charge in [0.2, 0.25) is 0 Å². The van der Waals surface area contributed by atoms with Crippen LogP contribution in [0.2, 0.25) is 0 Å². The lowest BCUT2D eigenvalue weighted by Gasteiger charge is -2.15. The maximum Gasteiger partial charge on any atom is 0.330 e. The van der Waals surface area contributed by atoms with Gasteiger partial charge in [-0.3, -0.25) is 0 Å². The molecule has 0 spiro atoms. The van der Waals surface area contributed by atoms with Crippen LogP contribution in [-0.2, 0) is 9.53 Å². The van der Waals surface area contributed by atoms with Gasteiger partial charge in [0.25, 0.3) is 0 Å². The minimum Gasteiger partial charge on any atom is -0.462 e. The smallest absolute Gasteiger partial charge is 0.330 e. The van der Waals surface area contributed by atoms with Crippen LogP contribution >= 0.6 is 0 Å². The fourth-order valence-electron chi connectivity index (χ4n) is 0.959. The van der Waals surface area contributed by atoms with Crippen molar-refractivity contribution in [3.05, 3.63) is 12.7 Å². The summed E-state index contributed by atoms with van der Waals surface area (Å²) in [5.41, 5.74) is 0. The molecule has 0 aromatic heterocycles. The third kappa shape index (κ3) is 5.92. The van der Waals surface area contributed by atoms with E-state index >= 15 is 0 Å². The molecule has 0 aromatic rings. The second-order valence-corrected chi connectivity index (χ2v) is 3.20. The second kappa shape index (κ2) is 5.77. The van der Waals surface area contributed by atoms with Crippen molar-refractivity contribution in [1.29, 1.82) is 0 Å². The average molecular weight is 171 g/mol. The molecule has 0 aromatic carbocycles. The molecular weight excluding hydrogens is 154 g/mol. The van der Waals surface area contributed by atoms with Crippen molar-refractivity contribution in [3.8, 4) is 0 Å². The van der Waals surface area contributed by atoms with Crippen molar-refractivity contribution < 1.29 is 9.53 Å². The Labute approximate surface area is 74.0 Å². The van der Waals surface area contributed by atoms with E-state index in [9.17, 15) is 4.79 Å². The first kappa shape index (κ1) is 11.2. The van der Waals surface area contributed by atoms with Crippen molar-refractivity contribution in [2.24, 2.45) is 5.92 Å². The maximum atomic E-state index is 10.6. The Balaban J connectivity index is 3.49. The van der Waals surface area contributed by atoms with Crippen LogP contribution in [0.5, 0.6) is 0 Å². The van der Waals surface area contributed by atoms with Crippen LogP contribution in [0.25, 0.3) is 0 Å². The lowest BCUT2D eigenvalue weighted by Crippen LogP contribution is -2.23. The summed E-state index contributed by atoms with van der Waals surface area (Å²) in [5.74, 6) is 0.0181. The van der Waals surface area contributed by atoms with Crippen molar-refractivity contribution in [2.75, 3.05) is 27.2 Å². The zero-order valence-electron chi connectivity index (χ0n) is 8.04. The highest BCUT2D eigenvalue weighted by atomic mass is 16.5. The van der Waals surface area contributed by atoms with Gasteiger partial charge in [-0.25, -0.2) is 4.79 Å². The van der Waals surface area contributed by atoms with Crippen LogP contribution in [0.3, 0.4) is 0 Å². The molecule has 0 aliphatic rings. The molecule has 0 aliphatic heterocycles. The van der Waals surface area contributed by atoms with Crippen LogP contribution in [0.15, 0.2) is 12.7 Å². The highest BCUT2D eigenvalue weighted by Gasteiger charge is 2.05. The molecule has 0 aliphatic carbocycles. The molecule has 3 nitrogen and oxygen atoms in total. The molecule has 3 heteroatoms. The molecule has 0 radical (unpaired) electrons. The summed E-state index contributed by atoms with van der Waals surface area (Å²) in [5, 5.41) is 0. The number of ether oxygens (including phenoxy) is 1. The average Bonchev–Trinajstić information content (AvgIpc) is 1.99. The summed E-state index contributed by atoms with van der Waals surface area (Å²) >= 11 is 0. The Morgan fingerprint density at radius 1 is 1.67 bits per heavy atom. The third-order valence-corrected chi connectivity index (χ3v) is 1.35. The Bertz CT molecular complexity index is 155. The molecule has 0 bridgehead atoms. The number of esters is 1. The minimum absolute atomic E-state index is 0.347. The monoisotopic (exact) mass is 171 g/mol. The Kier molecular flexibility index (Phi) is 5.37. The van der Waals surface area contributed by atoms with Crippen LogP contribution in [0, 0.1) is 5.92 Å². The van der Waals surface area contributed by atoms with Crippen LogP contribution < -0.4 is 0 Å². The highest BCUT2D eigenvalue weighted by molar-refractivity contribution is 5.81. The van der Waals surface area contributed by atoms with Gasteiger partial charge in [0.1, 0.15) is 0 Å². The van der Waals surface area contributed by atoms with Crippen LogP contribution in [0.1, 0.15) is 6.92 Å². The Morgan fingerprint density at radius 3 is 2.67 bits per heavy atom. The van der Waals surface area contributed by atoms with E-state index in [1.54, 1.807) is 0 Å². The predicted molar refractivity (Wildman–Crippen MR) is 48.9 cm³/mol. The van der Waals surface area contributed by atoms with Gasteiger partial charge >= 0.3 is 5.97 Å². The number of hydrogen-bond donors (Lipinski definition) is 0. The van der Waals surface area contributed by atoms with E-state index in [1.807, 2.05) is 21.0 Å². The number of hydrogen-bond acceptors (Lipinski definition) is 3. The minimum atomic E-state index is -0.347. The third-order valence-electron chi connectivity index (χ3n) is 1.35. The predicted octanol–water partition coefficient (Wildman–Crippen LogP) is 0.913. The first-order valence-electron chi connectivity index (χ1n) is 4.00. The molecule has 0 saturated carbocycles.